The zero-order valence-electron chi connectivity index (χ0n) is 10.7. The molecule has 2 aromatic heterocycles. The molecule has 1 N–H and O–H groups in total. The fourth-order valence-corrected chi connectivity index (χ4v) is 2.13. The van der Waals surface area contributed by atoms with E-state index in [-0.39, 0.29) is 0 Å². The molecule has 1 aliphatic carbocycles. The molecule has 0 aromatic carbocycles. The van der Waals surface area contributed by atoms with Crippen molar-refractivity contribution < 1.29 is 0 Å². The van der Waals surface area contributed by atoms with Gasteiger partial charge in [-0.15, -0.1) is 0 Å². The molecule has 0 atom stereocenters. The second kappa shape index (κ2) is 5.13. The fraction of sp³-hybridized carbons (Fsp3) is 0.357. The van der Waals surface area contributed by atoms with Gasteiger partial charge in [0.15, 0.2) is 0 Å². The molecule has 1 aliphatic rings. The fourth-order valence-electron chi connectivity index (χ4n) is 1.94. The smallest absolute Gasteiger partial charge is 0.135 e. The highest BCUT2D eigenvalue weighted by atomic mass is 35.5. The van der Waals surface area contributed by atoms with Gasteiger partial charge < -0.3 is 5.32 Å². The van der Waals surface area contributed by atoms with Crippen LogP contribution in [0.3, 0.4) is 0 Å². The highest BCUT2D eigenvalue weighted by Gasteiger charge is 2.27. The molecule has 5 heteroatoms. The van der Waals surface area contributed by atoms with Crippen molar-refractivity contribution in [2.24, 2.45) is 0 Å². The number of rotatable bonds is 4. The van der Waals surface area contributed by atoms with Gasteiger partial charge in [-0.1, -0.05) is 11.6 Å². The summed E-state index contributed by atoms with van der Waals surface area (Å²) >= 11 is 6.03. The molecule has 0 amide bonds. The summed E-state index contributed by atoms with van der Waals surface area (Å²) in [4.78, 5) is 12.9. The molecule has 2 heterocycles. The number of nitrogens with one attached hydrogen (secondary N) is 1. The minimum absolute atomic E-state index is 0.502. The first-order valence-electron chi connectivity index (χ1n) is 6.40. The quantitative estimate of drug-likeness (QED) is 0.869. The van der Waals surface area contributed by atoms with Gasteiger partial charge in [-0.05, 0) is 37.0 Å². The summed E-state index contributed by atoms with van der Waals surface area (Å²) in [7, 11) is 0. The van der Waals surface area contributed by atoms with Crippen LogP contribution in [-0.2, 0) is 6.54 Å². The number of halogens is 1. The molecular formula is C14H15ClN4. The van der Waals surface area contributed by atoms with Crippen molar-refractivity contribution in [1.82, 2.24) is 15.0 Å². The van der Waals surface area contributed by atoms with E-state index in [2.05, 4.69) is 20.3 Å². The normalized spacial score (nSPS) is 14.4. The van der Waals surface area contributed by atoms with Gasteiger partial charge in [0.2, 0.25) is 0 Å². The molecule has 0 bridgehead atoms. The summed E-state index contributed by atoms with van der Waals surface area (Å²) in [5, 5.41) is 3.81. The highest BCUT2D eigenvalue weighted by Crippen LogP contribution is 2.38. The molecule has 4 nitrogen and oxygen atoms in total. The second-order valence-corrected chi connectivity index (χ2v) is 5.25. The molecule has 0 spiro atoms. The summed E-state index contributed by atoms with van der Waals surface area (Å²) in [6, 6.07) is 3.77. The van der Waals surface area contributed by atoms with Gasteiger partial charge in [-0.3, -0.25) is 4.98 Å². The van der Waals surface area contributed by atoms with Crippen LogP contribution >= 0.6 is 11.6 Å². The summed E-state index contributed by atoms with van der Waals surface area (Å²) in [6.07, 6.45) is 6.00. The minimum atomic E-state index is 0.502. The zero-order chi connectivity index (χ0) is 13.2. The average molecular weight is 275 g/mol. The molecule has 0 saturated heterocycles. The lowest BCUT2D eigenvalue weighted by molar-refractivity contribution is 0.920. The third-order valence-electron chi connectivity index (χ3n) is 3.25. The first kappa shape index (κ1) is 12.4. The van der Waals surface area contributed by atoms with E-state index in [1.54, 1.807) is 12.3 Å². The van der Waals surface area contributed by atoms with Gasteiger partial charge in [0.1, 0.15) is 16.8 Å². The van der Waals surface area contributed by atoms with E-state index < -0.39 is 0 Å². The van der Waals surface area contributed by atoms with Crippen LogP contribution in [0.15, 0.2) is 24.5 Å². The minimum Gasteiger partial charge on any atom is -0.366 e. The Hall–Kier alpha value is -1.68. The Morgan fingerprint density at radius 2 is 2.21 bits per heavy atom. The maximum Gasteiger partial charge on any atom is 0.135 e. The lowest BCUT2D eigenvalue weighted by atomic mass is 10.1. The Balaban J connectivity index is 1.74. The molecule has 0 radical (unpaired) electrons. The Morgan fingerprint density at radius 3 is 2.95 bits per heavy atom. The average Bonchev–Trinajstić information content (AvgIpc) is 3.21. The Bertz CT molecular complexity index is 596. The number of anilines is 1. The first-order chi connectivity index (χ1) is 9.22. The van der Waals surface area contributed by atoms with Crippen LogP contribution in [0.25, 0.3) is 0 Å². The summed E-state index contributed by atoms with van der Waals surface area (Å²) < 4.78 is 0. The van der Waals surface area contributed by atoms with Gasteiger partial charge in [0.05, 0.1) is 0 Å². The van der Waals surface area contributed by atoms with Crippen LogP contribution in [0.1, 0.15) is 35.7 Å². The SMILES string of the molecule is Cc1cnccc1CNc1cc(Cl)nc(C2CC2)n1. The maximum absolute atomic E-state index is 6.03. The first-order valence-corrected chi connectivity index (χ1v) is 6.78. The summed E-state index contributed by atoms with van der Waals surface area (Å²) in [5.41, 5.74) is 2.37. The monoisotopic (exact) mass is 274 g/mol. The predicted octanol–water partition coefficient (Wildman–Crippen LogP) is 3.32. The van der Waals surface area contributed by atoms with E-state index in [1.165, 1.54) is 18.4 Å². The predicted molar refractivity (Wildman–Crippen MR) is 75.3 cm³/mol. The Morgan fingerprint density at radius 1 is 1.37 bits per heavy atom. The van der Waals surface area contributed by atoms with Crippen molar-refractivity contribution in [1.29, 1.82) is 0 Å². The molecule has 0 unspecified atom stereocenters. The number of aromatic nitrogens is 3. The van der Waals surface area contributed by atoms with E-state index in [1.807, 2.05) is 19.2 Å². The van der Waals surface area contributed by atoms with Crippen molar-refractivity contribution in [2.45, 2.75) is 32.2 Å². The maximum atomic E-state index is 6.03. The number of aryl methyl sites for hydroxylation is 1. The molecule has 2 aromatic rings. The van der Waals surface area contributed by atoms with E-state index in [0.717, 1.165) is 17.2 Å². The van der Waals surface area contributed by atoms with Crippen molar-refractivity contribution in [3.63, 3.8) is 0 Å². The number of nitrogens with zero attached hydrogens (tertiary/aromatic N) is 3. The van der Waals surface area contributed by atoms with Crippen LogP contribution in [0.4, 0.5) is 5.82 Å². The van der Waals surface area contributed by atoms with Crippen molar-refractivity contribution in [3.05, 3.63) is 46.6 Å². The number of hydrogen-bond donors (Lipinski definition) is 1. The van der Waals surface area contributed by atoms with Gasteiger partial charge >= 0.3 is 0 Å². The van der Waals surface area contributed by atoms with Crippen LogP contribution in [0, 0.1) is 6.92 Å². The molecule has 1 saturated carbocycles. The van der Waals surface area contributed by atoms with Gasteiger partial charge in [0.25, 0.3) is 0 Å². The lowest BCUT2D eigenvalue weighted by Gasteiger charge is -2.09. The molecule has 1 fully saturated rings. The van der Waals surface area contributed by atoms with Gasteiger partial charge in [-0.25, -0.2) is 9.97 Å². The third kappa shape index (κ3) is 3.01. The third-order valence-corrected chi connectivity index (χ3v) is 3.44. The number of hydrogen-bond acceptors (Lipinski definition) is 4. The lowest BCUT2D eigenvalue weighted by Crippen LogP contribution is -2.05. The highest BCUT2D eigenvalue weighted by molar-refractivity contribution is 6.29. The Kier molecular flexibility index (Phi) is 3.34. The summed E-state index contributed by atoms with van der Waals surface area (Å²) in [6.45, 7) is 2.76. The summed E-state index contributed by atoms with van der Waals surface area (Å²) in [5.74, 6) is 2.15. The molecule has 0 aliphatic heterocycles. The molecular weight excluding hydrogens is 260 g/mol. The second-order valence-electron chi connectivity index (χ2n) is 4.86. The van der Waals surface area contributed by atoms with Crippen molar-refractivity contribution in [2.75, 3.05) is 5.32 Å². The van der Waals surface area contributed by atoms with Crippen LogP contribution in [0.5, 0.6) is 0 Å². The van der Waals surface area contributed by atoms with E-state index in [0.29, 0.717) is 17.6 Å². The molecule has 98 valence electrons. The topological polar surface area (TPSA) is 50.7 Å². The standard InChI is InChI=1S/C14H15ClN4/c1-9-7-16-5-4-11(9)8-17-13-6-12(15)18-14(19-13)10-2-3-10/h4-7,10H,2-3,8H2,1H3,(H,17,18,19). The van der Waals surface area contributed by atoms with Gasteiger partial charge in [0, 0.05) is 30.9 Å². The largest absolute Gasteiger partial charge is 0.366 e. The zero-order valence-corrected chi connectivity index (χ0v) is 11.5. The molecule has 19 heavy (non-hydrogen) atoms. The molecule has 3 rings (SSSR count). The van der Waals surface area contributed by atoms with E-state index in [4.69, 9.17) is 11.6 Å². The van der Waals surface area contributed by atoms with Crippen molar-refractivity contribution in [3.8, 4) is 0 Å². The number of pyridine rings is 1. The Labute approximate surface area is 117 Å². The van der Waals surface area contributed by atoms with Gasteiger partial charge in [-0.2, -0.15) is 0 Å². The van der Waals surface area contributed by atoms with Crippen LogP contribution in [-0.4, -0.2) is 15.0 Å². The van der Waals surface area contributed by atoms with Crippen molar-refractivity contribution >= 4 is 17.4 Å². The van der Waals surface area contributed by atoms with E-state index in [9.17, 15) is 0 Å². The van der Waals surface area contributed by atoms with Crippen LogP contribution < -0.4 is 5.32 Å². The van der Waals surface area contributed by atoms with Crippen LogP contribution in [0.2, 0.25) is 5.15 Å². The van der Waals surface area contributed by atoms with E-state index >= 15 is 0 Å².